The van der Waals surface area contributed by atoms with Gasteiger partial charge in [-0.15, -0.1) is 11.8 Å². The molecule has 2 aliphatic rings. The Labute approximate surface area is 112 Å². The van der Waals surface area contributed by atoms with Crippen LogP contribution in [0.5, 0.6) is 0 Å². The molecule has 0 aromatic heterocycles. The van der Waals surface area contributed by atoms with Crippen LogP contribution < -0.4 is 0 Å². The molecule has 18 heavy (non-hydrogen) atoms. The molecule has 0 saturated heterocycles. The van der Waals surface area contributed by atoms with E-state index in [1.165, 1.54) is 10.5 Å². The van der Waals surface area contributed by atoms with Crippen LogP contribution in [-0.4, -0.2) is 16.3 Å². The van der Waals surface area contributed by atoms with Crippen LogP contribution in [0.15, 0.2) is 29.2 Å². The predicted molar refractivity (Wildman–Crippen MR) is 72.9 cm³/mol. The maximum Gasteiger partial charge on any atom is 0.306 e. The maximum atomic E-state index is 11.2. The van der Waals surface area contributed by atoms with Gasteiger partial charge in [-0.05, 0) is 43.2 Å². The van der Waals surface area contributed by atoms with Crippen LogP contribution in [0.2, 0.25) is 0 Å². The first-order valence-electron chi connectivity index (χ1n) is 6.71. The third kappa shape index (κ3) is 2.28. The molecular weight excluding hydrogens is 244 g/mol. The molecule has 0 radical (unpaired) electrons. The van der Waals surface area contributed by atoms with Gasteiger partial charge in [-0.2, -0.15) is 0 Å². The summed E-state index contributed by atoms with van der Waals surface area (Å²) in [5.74, 6) is -0.276. The average molecular weight is 262 g/mol. The van der Waals surface area contributed by atoms with Crippen LogP contribution in [-0.2, 0) is 11.2 Å². The highest BCUT2D eigenvalue weighted by Gasteiger charge is 2.35. The number of benzene rings is 1. The first kappa shape index (κ1) is 12.1. The van der Waals surface area contributed by atoms with Crippen molar-refractivity contribution >= 4 is 17.7 Å². The number of hydrogen-bond donors (Lipinski definition) is 1. The lowest BCUT2D eigenvalue weighted by Crippen LogP contribution is -2.21. The summed E-state index contributed by atoms with van der Waals surface area (Å²) in [6.07, 6.45) is 5.25. The van der Waals surface area contributed by atoms with Crippen molar-refractivity contribution in [3.05, 3.63) is 29.8 Å². The lowest BCUT2D eigenvalue weighted by atomic mass is 9.90. The number of thioether (sulfide) groups is 1. The van der Waals surface area contributed by atoms with Crippen molar-refractivity contribution in [1.29, 1.82) is 0 Å². The SMILES string of the molecule is O=C(O)C1CCCC1CC1Cc2ccccc2S1. The number of hydrogen-bond acceptors (Lipinski definition) is 2. The molecule has 1 aliphatic carbocycles. The number of aliphatic carboxylic acids is 1. The summed E-state index contributed by atoms with van der Waals surface area (Å²) in [6, 6.07) is 8.57. The maximum absolute atomic E-state index is 11.2. The minimum Gasteiger partial charge on any atom is -0.481 e. The summed E-state index contributed by atoms with van der Waals surface area (Å²) in [6.45, 7) is 0. The van der Waals surface area contributed by atoms with E-state index in [0.29, 0.717) is 11.2 Å². The normalized spacial score (nSPS) is 30.3. The zero-order valence-electron chi connectivity index (χ0n) is 10.3. The fraction of sp³-hybridized carbons (Fsp3) is 0.533. The van der Waals surface area contributed by atoms with Crippen molar-refractivity contribution in [3.8, 4) is 0 Å². The highest BCUT2D eigenvalue weighted by Crippen LogP contribution is 2.43. The third-order valence-corrected chi connectivity index (χ3v) is 5.60. The van der Waals surface area contributed by atoms with E-state index in [0.717, 1.165) is 32.1 Å². The quantitative estimate of drug-likeness (QED) is 0.904. The van der Waals surface area contributed by atoms with Gasteiger partial charge in [-0.3, -0.25) is 4.79 Å². The van der Waals surface area contributed by atoms with Gasteiger partial charge in [-0.1, -0.05) is 24.6 Å². The van der Waals surface area contributed by atoms with Crippen molar-refractivity contribution < 1.29 is 9.90 Å². The minimum atomic E-state index is -0.585. The highest BCUT2D eigenvalue weighted by molar-refractivity contribution is 8.00. The second-order valence-electron chi connectivity index (χ2n) is 5.42. The second-order valence-corrected chi connectivity index (χ2v) is 6.77. The van der Waals surface area contributed by atoms with E-state index in [4.69, 9.17) is 0 Å². The molecule has 3 atom stereocenters. The monoisotopic (exact) mass is 262 g/mol. The Bertz CT molecular complexity index is 433. The van der Waals surface area contributed by atoms with Gasteiger partial charge in [0.05, 0.1) is 5.92 Å². The fourth-order valence-corrected chi connectivity index (χ4v) is 4.79. The summed E-state index contributed by atoms with van der Waals surface area (Å²) < 4.78 is 0. The molecule has 1 aliphatic heterocycles. The highest BCUT2D eigenvalue weighted by atomic mass is 32.2. The third-order valence-electron chi connectivity index (χ3n) is 4.26. The number of carboxylic acids is 1. The molecule has 0 spiro atoms. The van der Waals surface area contributed by atoms with Gasteiger partial charge in [0, 0.05) is 10.1 Å². The van der Waals surface area contributed by atoms with Crippen LogP contribution in [0.25, 0.3) is 0 Å². The molecule has 3 rings (SSSR count). The van der Waals surface area contributed by atoms with Gasteiger partial charge in [0.25, 0.3) is 0 Å². The Balaban J connectivity index is 1.64. The Morgan fingerprint density at radius 3 is 2.94 bits per heavy atom. The van der Waals surface area contributed by atoms with Gasteiger partial charge in [0.2, 0.25) is 0 Å². The Morgan fingerprint density at radius 1 is 1.33 bits per heavy atom. The second kappa shape index (κ2) is 4.96. The summed E-state index contributed by atoms with van der Waals surface area (Å²) in [5, 5.41) is 9.81. The average Bonchev–Trinajstić information content (AvgIpc) is 2.94. The predicted octanol–water partition coefficient (Wildman–Crippen LogP) is 3.59. The summed E-state index contributed by atoms with van der Waals surface area (Å²) in [5.41, 5.74) is 1.44. The molecule has 3 heteroatoms. The molecule has 1 aromatic rings. The molecule has 1 fully saturated rings. The molecule has 96 valence electrons. The Kier molecular flexibility index (Phi) is 3.33. The molecule has 3 unspecified atom stereocenters. The molecule has 2 nitrogen and oxygen atoms in total. The van der Waals surface area contributed by atoms with Crippen LogP contribution in [0.1, 0.15) is 31.2 Å². The number of carbonyl (C=O) groups is 1. The molecule has 1 saturated carbocycles. The van der Waals surface area contributed by atoms with Crippen molar-refractivity contribution in [1.82, 2.24) is 0 Å². The zero-order valence-corrected chi connectivity index (χ0v) is 11.2. The fourth-order valence-electron chi connectivity index (χ4n) is 3.37. The molecule has 0 bridgehead atoms. The van der Waals surface area contributed by atoms with E-state index in [9.17, 15) is 9.90 Å². The van der Waals surface area contributed by atoms with Crippen LogP contribution in [0.4, 0.5) is 0 Å². The van der Waals surface area contributed by atoms with Crippen molar-refractivity contribution in [2.75, 3.05) is 0 Å². The van der Waals surface area contributed by atoms with E-state index < -0.39 is 5.97 Å². The first-order valence-corrected chi connectivity index (χ1v) is 7.59. The molecule has 1 aromatic carbocycles. The molecular formula is C15H18O2S. The standard InChI is InChI=1S/C15H18O2S/c16-15(17)13-6-3-5-10(13)8-12-9-11-4-1-2-7-14(11)18-12/h1-2,4,7,10,12-13H,3,5-6,8-9H2,(H,16,17). The summed E-state index contributed by atoms with van der Waals surface area (Å²) in [7, 11) is 0. The van der Waals surface area contributed by atoms with E-state index in [-0.39, 0.29) is 5.92 Å². The zero-order chi connectivity index (χ0) is 12.5. The summed E-state index contributed by atoms with van der Waals surface area (Å²) in [4.78, 5) is 12.6. The van der Waals surface area contributed by atoms with Gasteiger partial charge < -0.3 is 5.11 Å². The largest absolute Gasteiger partial charge is 0.481 e. The van der Waals surface area contributed by atoms with Crippen molar-refractivity contribution in [2.45, 2.75) is 42.2 Å². The Hall–Kier alpha value is -0.960. The number of fused-ring (bicyclic) bond motifs is 1. The topological polar surface area (TPSA) is 37.3 Å². The van der Waals surface area contributed by atoms with E-state index in [2.05, 4.69) is 24.3 Å². The van der Waals surface area contributed by atoms with Crippen molar-refractivity contribution in [3.63, 3.8) is 0 Å². The van der Waals surface area contributed by atoms with Gasteiger partial charge >= 0.3 is 5.97 Å². The van der Waals surface area contributed by atoms with E-state index in [1.54, 1.807) is 0 Å². The van der Waals surface area contributed by atoms with Crippen LogP contribution >= 0.6 is 11.8 Å². The number of carboxylic acid groups (broad SMARTS) is 1. The van der Waals surface area contributed by atoms with Gasteiger partial charge in [0.15, 0.2) is 0 Å². The minimum absolute atomic E-state index is 0.0886. The van der Waals surface area contributed by atoms with Crippen LogP contribution in [0.3, 0.4) is 0 Å². The molecule has 0 amide bonds. The first-order chi connectivity index (χ1) is 8.74. The van der Waals surface area contributed by atoms with Crippen LogP contribution in [0, 0.1) is 11.8 Å². The lowest BCUT2D eigenvalue weighted by molar-refractivity contribution is -0.143. The lowest BCUT2D eigenvalue weighted by Gasteiger charge is -2.19. The van der Waals surface area contributed by atoms with Crippen molar-refractivity contribution in [2.24, 2.45) is 11.8 Å². The van der Waals surface area contributed by atoms with E-state index >= 15 is 0 Å². The van der Waals surface area contributed by atoms with E-state index in [1.807, 2.05) is 11.8 Å². The van der Waals surface area contributed by atoms with Gasteiger partial charge in [0.1, 0.15) is 0 Å². The number of rotatable bonds is 3. The smallest absolute Gasteiger partial charge is 0.306 e. The molecule has 1 N–H and O–H groups in total. The van der Waals surface area contributed by atoms with Gasteiger partial charge in [-0.25, -0.2) is 0 Å². The Morgan fingerprint density at radius 2 is 2.17 bits per heavy atom. The molecule has 1 heterocycles. The summed E-state index contributed by atoms with van der Waals surface area (Å²) >= 11 is 1.94.